The van der Waals surface area contributed by atoms with Crippen LogP contribution in [0.2, 0.25) is 0 Å². The molecule has 1 aromatic heterocycles. The number of anilines is 2. The molecule has 0 aliphatic carbocycles. The minimum atomic E-state index is -5.00. The van der Waals surface area contributed by atoms with Crippen LogP contribution in [0.15, 0.2) is 34.7 Å². The van der Waals surface area contributed by atoms with Crippen molar-refractivity contribution in [1.29, 1.82) is 0 Å². The van der Waals surface area contributed by atoms with E-state index in [2.05, 4.69) is 4.98 Å². The Bertz CT molecular complexity index is 963. The number of carbonyl (C=O) groups is 1. The standard InChI is InChI=1S/C11H10N2O7S3/c1-22(16,17)8-5-3-2-4-7(8)13(23(18,19)20)10-9(11(14)15)12-6-21-10/h2-6H,1H3,(H,14,15)(H,18,19,20). The van der Waals surface area contributed by atoms with Crippen LogP contribution in [-0.4, -0.2) is 43.7 Å². The van der Waals surface area contributed by atoms with Crippen molar-refractivity contribution in [3.8, 4) is 0 Å². The van der Waals surface area contributed by atoms with Gasteiger partial charge in [-0.3, -0.25) is 4.55 Å². The molecule has 124 valence electrons. The second-order valence-electron chi connectivity index (χ2n) is 4.29. The van der Waals surface area contributed by atoms with Crippen LogP contribution in [0.5, 0.6) is 0 Å². The van der Waals surface area contributed by atoms with Crippen LogP contribution in [0, 0.1) is 0 Å². The van der Waals surface area contributed by atoms with E-state index in [4.69, 9.17) is 5.11 Å². The van der Waals surface area contributed by atoms with Gasteiger partial charge >= 0.3 is 16.3 Å². The Balaban J connectivity index is 2.83. The van der Waals surface area contributed by atoms with Crippen molar-refractivity contribution in [2.45, 2.75) is 4.90 Å². The molecule has 0 spiro atoms. The van der Waals surface area contributed by atoms with E-state index in [0.717, 1.165) is 23.9 Å². The molecule has 2 N–H and O–H groups in total. The number of carboxylic acid groups (broad SMARTS) is 1. The highest BCUT2D eigenvalue weighted by atomic mass is 32.2. The summed E-state index contributed by atoms with van der Waals surface area (Å²) in [5, 5.41) is 8.63. The Morgan fingerprint density at radius 3 is 2.35 bits per heavy atom. The van der Waals surface area contributed by atoms with Gasteiger partial charge in [-0.05, 0) is 12.1 Å². The first-order chi connectivity index (χ1) is 10.5. The summed E-state index contributed by atoms with van der Waals surface area (Å²) < 4.78 is 56.9. The molecule has 0 fully saturated rings. The molecule has 0 aliphatic heterocycles. The lowest BCUT2D eigenvalue weighted by Crippen LogP contribution is -2.27. The molecule has 0 radical (unpaired) electrons. The number of rotatable bonds is 5. The summed E-state index contributed by atoms with van der Waals surface area (Å²) in [7, 11) is -8.85. The lowest BCUT2D eigenvalue weighted by atomic mass is 10.3. The SMILES string of the molecule is CS(=O)(=O)c1ccccc1N(c1scnc1C(=O)O)S(=O)(=O)O. The van der Waals surface area contributed by atoms with Crippen molar-refractivity contribution in [1.82, 2.24) is 4.98 Å². The second-order valence-corrected chi connectivity index (χ2v) is 8.37. The van der Waals surface area contributed by atoms with Crippen LogP contribution in [-0.2, 0) is 20.1 Å². The van der Waals surface area contributed by atoms with E-state index in [0.29, 0.717) is 11.3 Å². The number of thiazole rings is 1. The average Bonchev–Trinajstić information content (AvgIpc) is 2.85. The number of aromatic carboxylic acids is 1. The van der Waals surface area contributed by atoms with Gasteiger partial charge in [-0.25, -0.2) is 22.5 Å². The van der Waals surface area contributed by atoms with Gasteiger partial charge in [0.05, 0.1) is 16.1 Å². The highest BCUT2D eigenvalue weighted by Crippen LogP contribution is 2.37. The zero-order chi connectivity index (χ0) is 17.4. The van der Waals surface area contributed by atoms with Crippen molar-refractivity contribution in [2.24, 2.45) is 0 Å². The summed E-state index contributed by atoms with van der Waals surface area (Å²) in [6.07, 6.45) is 0.860. The molecular formula is C11H10N2O7S3. The summed E-state index contributed by atoms with van der Waals surface area (Å²) in [6, 6.07) is 5.00. The number of aromatic nitrogens is 1. The van der Waals surface area contributed by atoms with Gasteiger partial charge in [0.15, 0.2) is 15.5 Å². The van der Waals surface area contributed by atoms with Crippen LogP contribution < -0.4 is 4.31 Å². The Morgan fingerprint density at radius 1 is 1.22 bits per heavy atom. The molecule has 0 atom stereocenters. The Labute approximate surface area is 135 Å². The molecule has 0 aliphatic rings. The van der Waals surface area contributed by atoms with Gasteiger partial charge in [0.1, 0.15) is 5.00 Å². The number of hydrogen-bond acceptors (Lipinski definition) is 7. The Hall–Kier alpha value is -2.02. The van der Waals surface area contributed by atoms with Crippen LogP contribution in [0.4, 0.5) is 10.7 Å². The summed E-state index contributed by atoms with van der Waals surface area (Å²) in [5.41, 5.74) is 0.0419. The van der Waals surface area contributed by atoms with Gasteiger partial charge in [-0.2, -0.15) is 8.42 Å². The van der Waals surface area contributed by atoms with E-state index in [1.165, 1.54) is 12.1 Å². The quantitative estimate of drug-likeness (QED) is 0.739. The largest absolute Gasteiger partial charge is 0.476 e. The van der Waals surface area contributed by atoms with E-state index in [1.807, 2.05) is 0 Å². The lowest BCUT2D eigenvalue weighted by molar-refractivity contribution is 0.0692. The van der Waals surface area contributed by atoms with Crippen LogP contribution >= 0.6 is 11.3 Å². The smallest absolute Gasteiger partial charge is 0.365 e. The van der Waals surface area contributed by atoms with E-state index < -0.39 is 42.5 Å². The fraction of sp³-hybridized carbons (Fsp3) is 0.0909. The summed E-state index contributed by atoms with van der Waals surface area (Å²) >= 11 is 0.627. The predicted molar refractivity (Wildman–Crippen MR) is 82.3 cm³/mol. The lowest BCUT2D eigenvalue weighted by Gasteiger charge is -2.21. The molecule has 23 heavy (non-hydrogen) atoms. The number of benzene rings is 1. The van der Waals surface area contributed by atoms with Crippen molar-refractivity contribution >= 4 is 48.1 Å². The maximum Gasteiger partial charge on any atom is 0.365 e. The number of carboxylic acids is 1. The fourth-order valence-corrected chi connectivity index (χ4v) is 4.55. The van der Waals surface area contributed by atoms with E-state index in [1.54, 1.807) is 0 Å². The second kappa shape index (κ2) is 5.88. The first-order valence-corrected chi connectivity index (χ1v) is 9.94. The maximum atomic E-state index is 11.8. The van der Waals surface area contributed by atoms with Crippen molar-refractivity contribution in [3.05, 3.63) is 35.5 Å². The predicted octanol–water partition coefficient (Wildman–Crippen LogP) is 1.19. The fourth-order valence-electron chi connectivity index (χ4n) is 1.81. The Morgan fingerprint density at radius 2 is 1.83 bits per heavy atom. The molecule has 2 rings (SSSR count). The molecule has 0 saturated carbocycles. The number of para-hydroxylation sites is 1. The average molecular weight is 378 g/mol. The van der Waals surface area contributed by atoms with E-state index >= 15 is 0 Å². The van der Waals surface area contributed by atoms with Crippen LogP contribution in [0.3, 0.4) is 0 Å². The number of nitrogens with zero attached hydrogens (tertiary/aromatic N) is 2. The third-order valence-corrected chi connectivity index (χ3v) is 5.56. The monoisotopic (exact) mass is 378 g/mol. The highest BCUT2D eigenvalue weighted by molar-refractivity contribution is 7.91. The molecule has 1 heterocycles. The molecule has 0 bridgehead atoms. The van der Waals surface area contributed by atoms with E-state index in [-0.39, 0.29) is 9.20 Å². The van der Waals surface area contributed by atoms with Crippen LogP contribution in [0.25, 0.3) is 0 Å². The first-order valence-electron chi connectivity index (χ1n) is 5.77. The van der Waals surface area contributed by atoms with Gasteiger partial charge in [0.2, 0.25) is 0 Å². The van der Waals surface area contributed by atoms with Gasteiger partial charge < -0.3 is 5.11 Å². The molecular weight excluding hydrogens is 368 g/mol. The molecule has 1 aromatic carbocycles. The third kappa shape index (κ3) is 3.50. The van der Waals surface area contributed by atoms with Gasteiger partial charge in [-0.1, -0.05) is 12.1 Å². The molecule has 0 unspecified atom stereocenters. The molecule has 12 heteroatoms. The van der Waals surface area contributed by atoms with Gasteiger partial charge in [-0.15, -0.1) is 11.3 Å². The molecule has 9 nitrogen and oxygen atoms in total. The number of hydrogen-bond donors (Lipinski definition) is 2. The summed E-state index contributed by atoms with van der Waals surface area (Å²) in [4.78, 5) is 14.3. The zero-order valence-electron chi connectivity index (χ0n) is 11.4. The van der Waals surface area contributed by atoms with E-state index in [9.17, 15) is 26.2 Å². The Kier molecular flexibility index (Phi) is 4.43. The number of sulfone groups is 1. The summed E-state index contributed by atoms with van der Waals surface area (Å²) in [6.45, 7) is 0. The van der Waals surface area contributed by atoms with Crippen molar-refractivity contribution in [2.75, 3.05) is 10.6 Å². The van der Waals surface area contributed by atoms with Gasteiger partial charge in [0.25, 0.3) is 0 Å². The van der Waals surface area contributed by atoms with Crippen molar-refractivity contribution in [3.63, 3.8) is 0 Å². The maximum absolute atomic E-state index is 11.8. The minimum absolute atomic E-state index is 0.241. The first kappa shape index (κ1) is 17.3. The summed E-state index contributed by atoms with van der Waals surface area (Å²) in [5.74, 6) is -1.52. The topological polar surface area (TPSA) is 142 Å². The molecule has 0 saturated heterocycles. The van der Waals surface area contributed by atoms with Gasteiger partial charge in [0, 0.05) is 6.26 Å². The molecule has 0 amide bonds. The van der Waals surface area contributed by atoms with Crippen LogP contribution in [0.1, 0.15) is 10.5 Å². The normalized spacial score (nSPS) is 12.1. The highest BCUT2D eigenvalue weighted by Gasteiger charge is 2.32. The zero-order valence-corrected chi connectivity index (χ0v) is 13.9. The van der Waals surface area contributed by atoms with Crippen molar-refractivity contribution < 1.29 is 31.3 Å². The third-order valence-electron chi connectivity index (χ3n) is 2.65. The molecule has 2 aromatic rings. The minimum Gasteiger partial charge on any atom is -0.476 e.